The zero-order valence-corrected chi connectivity index (χ0v) is 15.4. The topological polar surface area (TPSA) is 66.5 Å². The maximum absolute atomic E-state index is 12.8. The fraction of sp³-hybridized carbons (Fsp3) is 0.286. The fourth-order valence-electron chi connectivity index (χ4n) is 3.16. The van der Waals surface area contributed by atoms with Crippen LogP contribution in [0.15, 0.2) is 48.5 Å². The van der Waals surface area contributed by atoms with Gasteiger partial charge in [-0.1, -0.05) is 51.1 Å². The highest BCUT2D eigenvalue weighted by Crippen LogP contribution is 2.30. The van der Waals surface area contributed by atoms with Gasteiger partial charge in [-0.05, 0) is 36.1 Å². The number of hydrogen-bond acceptors (Lipinski definition) is 3. The summed E-state index contributed by atoms with van der Waals surface area (Å²) >= 11 is 0. The van der Waals surface area contributed by atoms with Crippen LogP contribution in [0.3, 0.4) is 0 Å². The Bertz CT molecular complexity index is 861. The van der Waals surface area contributed by atoms with Crippen molar-refractivity contribution in [2.24, 2.45) is 0 Å². The van der Waals surface area contributed by atoms with Gasteiger partial charge in [0.1, 0.15) is 6.04 Å². The van der Waals surface area contributed by atoms with Crippen LogP contribution in [0.2, 0.25) is 0 Å². The van der Waals surface area contributed by atoms with Gasteiger partial charge in [0.15, 0.2) is 0 Å². The Morgan fingerprint density at radius 2 is 1.42 bits per heavy atom. The van der Waals surface area contributed by atoms with E-state index >= 15 is 0 Å². The maximum atomic E-state index is 12.8. The van der Waals surface area contributed by atoms with Gasteiger partial charge in [-0.2, -0.15) is 0 Å². The first kappa shape index (κ1) is 17.9. The third-order valence-corrected chi connectivity index (χ3v) is 4.59. The van der Waals surface area contributed by atoms with Gasteiger partial charge >= 0.3 is 0 Å². The molecule has 26 heavy (non-hydrogen) atoms. The van der Waals surface area contributed by atoms with E-state index in [0.29, 0.717) is 16.8 Å². The van der Waals surface area contributed by atoms with Crippen molar-refractivity contribution in [2.75, 3.05) is 5.32 Å². The van der Waals surface area contributed by atoms with Crippen molar-refractivity contribution < 1.29 is 14.4 Å². The van der Waals surface area contributed by atoms with Crippen LogP contribution in [0.4, 0.5) is 5.69 Å². The summed E-state index contributed by atoms with van der Waals surface area (Å²) in [7, 11) is 0. The van der Waals surface area contributed by atoms with Crippen molar-refractivity contribution in [1.82, 2.24) is 4.90 Å². The van der Waals surface area contributed by atoms with Gasteiger partial charge in [0, 0.05) is 5.69 Å². The highest BCUT2D eigenvalue weighted by molar-refractivity contribution is 6.23. The lowest BCUT2D eigenvalue weighted by Crippen LogP contribution is -2.45. The predicted octanol–water partition coefficient (Wildman–Crippen LogP) is 3.61. The summed E-state index contributed by atoms with van der Waals surface area (Å²) in [4.78, 5) is 38.9. The molecule has 2 aromatic rings. The fourth-order valence-corrected chi connectivity index (χ4v) is 3.16. The van der Waals surface area contributed by atoms with Crippen LogP contribution >= 0.6 is 0 Å². The molecule has 1 aliphatic heterocycles. The minimum Gasteiger partial charge on any atom is -0.324 e. The predicted molar refractivity (Wildman–Crippen MR) is 100 cm³/mol. The summed E-state index contributed by atoms with van der Waals surface area (Å²) in [6, 6.07) is 13.3. The quantitative estimate of drug-likeness (QED) is 0.860. The van der Waals surface area contributed by atoms with Crippen LogP contribution in [-0.4, -0.2) is 28.7 Å². The second kappa shape index (κ2) is 6.41. The number of fused-ring (bicyclic) bond motifs is 1. The molecule has 0 bridgehead atoms. The number of rotatable bonds is 3. The summed E-state index contributed by atoms with van der Waals surface area (Å²) in [5, 5.41) is 2.88. The second-order valence-electron chi connectivity index (χ2n) is 7.49. The zero-order valence-electron chi connectivity index (χ0n) is 15.4. The van der Waals surface area contributed by atoms with Gasteiger partial charge in [0.05, 0.1) is 11.1 Å². The van der Waals surface area contributed by atoms with E-state index in [2.05, 4.69) is 26.1 Å². The van der Waals surface area contributed by atoms with Crippen molar-refractivity contribution in [3.63, 3.8) is 0 Å². The molecule has 1 aliphatic rings. The minimum atomic E-state index is -0.907. The highest BCUT2D eigenvalue weighted by Gasteiger charge is 2.40. The molecule has 1 atom stereocenters. The number of anilines is 1. The molecule has 1 N–H and O–H groups in total. The molecule has 0 spiro atoms. The zero-order chi connectivity index (χ0) is 19.1. The van der Waals surface area contributed by atoms with Crippen LogP contribution in [0.5, 0.6) is 0 Å². The van der Waals surface area contributed by atoms with E-state index in [9.17, 15) is 14.4 Å². The molecular formula is C21H22N2O3. The third kappa shape index (κ3) is 3.01. The Kier molecular flexibility index (Phi) is 4.40. The maximum Gasteiger partial charge on any atom is 0.262 e. The first-order chi connectivity index (χ1) is 12.2. The summed E-state index contributed by atoms with van der Waals surface area (Å²) < 4.78 is 0. The first-order valence-corrected chi connectivity index (χ1v) is 8.59. The monoisotopic (exact) mass is 350 g/mol. The van der Waals surface area contributed by atoms with E-state index in [0.717, 1.165) is 10.5 Å². The van der Waals surface area contributed by atoms with Gasteiger partial charge in [-0.15, -0.1) is 0 Å². The van der Waals surface area contributed by atoms with Crippen LogP contribution < -0.4 is 5.32 Å². The van der Waals surface area contributed by atoms with E-state index in [1.165, 1.54) is 0 Å². The molecule has 0 saturated heterocycles. The third-order valence-electron chi connectivity index (χ3n) is 4.59. The lowest BCUT2D eigenvalue weighted by molar-refractivity contribution is -0.119. The smallest absolute Gasteiger partial charge is 0.262 e. The lowest BCUT2D eigenvalue weighted by atomic mass is 9.86. The molecule has 1 heterocycles. The van der Waals surface area contributed by atoms with E-state index in [1.807, 2.05) is 24.3 Å². The Morgan fingerprint density at radius 1 is 0.923 bits per heavy atom. The van der Waals surface area contributed by atoms with Gasteiger partial charge in [0.2, 0.25) is 5.91 Å². The summed E-state index contributed by atoms with van der Waals surface area (Å²) in [5.41, 5.74) is 2.21. The molecule has 134 valence electrons. The Morgan fingerprint density at radius 3 is 1.96 bits per heavy atom. The van der Waals surface area contributed by atoms with Crippen molar-refractivity contribution in [2.45, 2.75) is 39.2 Å². The number of carbonyl (C=O) groups excluding carboxylic acids is 3. The number of nitrogens with zero attached hydrogens (tertiary/aromatic N) is 1. The number of imide groups is 1. The van der Waals surface area contributed by atoms with Crippen LogP contribution in [0.1, 0.15) is 54.0 Å². The van der Waals surface area contributed by atoms with Gasteiger partial charge < -0.3 is 5.32 Å². The van der Waals surface area contributed by atoms with Crippen molar-refractivity contribution >= 4 is 23.4 Å². The molecule has 3 rings (SSSR count). The average Bonchev–Trinajstić information content (AvgIpc) is 2.85. The normalized spacial score (nSPS) is 15.0. The second-order valence-corrected chi connectivity index (χ2v) is 7.49. The molecule has 3 amide bonds. The van der Waals surface area contributed by atoms with Crippen molar-refractivity contribution in [3.8, 4) is 0 Å². The number of carbonyl (C=O) groups is 3. The Hall–Kier alpha value is -2.95. The SMILES string of the molecule is C[C@H](C(=O)Nc1ccccc1C(C)(C)C)N1C(=O)c2ccccc2C1=O. The Labute approximate surface area is 153 Å². The first-order valence-electron chi connectivity index (χ1n) is 8.59. The standard InChI is InChI=1S/C21H22N2O3/c1-13(23-19(25)14-9-5-6-10-15(14)20(23)26)18(24)22-17-12-8-7-11-16(17)21(2,3)4/h5-13H,1-4H3,(H,22,24)/t13-/m1/s1. The number of nitrogens with one attached hydrogen (secondary N) is 1. The average molecular weight is 350 g/mol. The molecule has 0 radical (unpaired) electrons. The van der Waals surface area contributed by atoms with Gasteiger partial charge in [0.25, 0.3) is 11.8 Å². The number of benzene rings is 2. The molecule has 0 aliphatic carbocycles. The summed E-state index contributed by atoms with van der Waals surface area (Å²) in [6.07, 6.45) is 0. The number of hydrogen-bond donors (Lipinski definition) is 1. The number of para-hydroxylation sites is 1. The van der Waals surface area contributed by atoms with Gasteiger partial charge in [-0.3, -0.25) is 19.3 Å². The van der Waals surface area contributed by atoms with Crippen molar-refractivity contribution in [3.05, 3.63) is 65.2 Å². The molecule has 5 nitrogen and oxygen atoms in total. The van der Waals surface area contributed by atoms with E-state index in [1.54, 1.807) is 31.2 Å². The molecule has 5 heteroatoms. The molecule has 0 unspecified atom stereocenters. The summed E-state index contributed by atoms with van der Waals surface area (Å²) in [6.45, 7) is 7.75. The molecule has 0 aromatic heterocycles. The number of amides is 3. The van der Waals surface area contributed by atoms with Crippen molar-refractivity contribution in [1.29, 1.82) is 0 Å². The Balaban J connectivity index is 1.85. The van der Waals surface area contributed by atoms with Gasteiger partial charge in [-0.25, -0.2) is 0 Å². The van der Waals surface area contributed by atoms with Crippen LogP contribution in [-0.2, 0) is 10.2 Å². The van der Waals surface area contributed by atoms with Crippen LogP contribution in [0, 0.1) is 0 Å². The van der Waals surface area contributed by atoms with E-state index in [4.69, 9.17) is 0 Å². The highest BCUT2D eigenvalue weighted by atomic mass is 16.2. The largest absolute Gasteiger partial charge is 0.324 e. The van der Waals surface area contributed by atoms with E-state index < -0.39 is 23.8 Å². The molecule has 0 saturated carbocycles. The summed E-state index contributed by atoms with van der Waals surface area (Å²) in [5.74, 6) is -1.26. The molecule has 2 aromatic carbocycles. The lowest BCUT2D eigenvalue weighted by Gasteiger charge is -2.25. The molecular weight excluding hydrogens is 328 g/mol. The molecule has 0 fully saturated rings. The van der Waals surface area contributed by atoms with Crippen LogP contribution in [0.25, 0.3) is 0 Å². The van der Waals surface area contributed by atoms with E-state index in [-0.39, 0.29) is 5.41 Å². The minimum absolute atomic E-state index is 0.150.